The van der Waals surface area contributed by atoms with Crippen molar-refractivity contribution in [2.45, 2.75) is 40.3 Å². The van der Waals surface area contributed by atoms with Crippen LogP contribution in [0.1, 0.15) is 25.8 Å². The Balaban J connectivity index is 0.000000510. The van der Waals surface area contributed by atoms with Crippen molar-refractivity contribution >= 4 is 41.0 Å². The molecule has 0 aromatic heterocycles. The predicted octanol–water partition coefficient (Wildman–Crippen LogP) is 8.25. The van der Waals surface area contributed by atoms with Gasteiger partial charge >= 0.3 is 41.9 Å². The molecule has 0 fully saturated rings. The molecule has 0 saturated carbocycles. The van der Waals surface area contributed by atoms with Crippen LogP contribution in [0.25, 0.3) is 21.9 Å². The number of hydrogen-bond donors (Lipinski definition) is 0. The molecular formula is C25H30Cl2SiZr. The number of fused-ring (bicyclic) bond motifs is 1. The summed E-state index contributed by atoms with van der Waals surface area (Å²) in [6.07, 6.45) is 6.22. The Morgan fingerprint density at radius 2 is 1.55 bits per heavy atom. The van der Waals surface area contributed by atoms with Crippen LogP contribution in [0.5, 0.6) is 0 Å². The predicted molar refractivity (Wildman–Crippen MR) is 132 cm³/mol. The molecule has 0 radical (unpaired) electrons. The second-order valence-electron chi connectivity index (χ2n) is 7.20. The summed E-state index contributed by atoms with van der Waals surface area (Å²) in [5.41, 5.74) is 7.01. The Hall–Kier alpha value is -0.790. The molecular weight excluding hydrogens is 490 g/mol. The molecule has 0 unspecified atom stereocenters. The SMILES string of the molecule is CC1=C(C)C[C-]=C1.C[Si](C)=[Zr+2].Cc1cc2c(-c3ccccc3)cccc2[cH-]1.Cl.Cl. The minimum Gasteiger partial charge on any atom is -0.165 e. The Kier molecular flexibility index (Phi) is 13.9. The van der Waals surface area contributed by atoms with Crippen LogP contribution in [-0.4, -0.2) is 5.43 Å². The van der Waals surface area contributed by atoms with Crippen LogP contribution in [0.2, 0.25) is 13.1 Å². The average Bonchev–Trinajstić information content (AvgIpc) is 3.19. The molecule has 1 aliphatic carbocycles. The fraction of sp³-hybridized carbons (Fsp3) is 0.240. The summed E-state index contributed by atoms with van der Waals surface area (Å²) in [5.74, 6) is 0. The van der Waals surface area contributed by atoms with Crippen molar-refractivity contribution < 1.29 is 23.3 Å². The minimum absolute atomic E-state index is 0. The first kappa shape index (κ1) is 28.2. The van der Waals surface area contributed by atoms with Crippen molar-refractivity contribution in [2.75, 3.05) is 0 Å². The van der Waals surface area contributed by atoms with Crippen molar-refractivity contribution in [3.8, 4) is 11.1 Å². The van der Waals surface area contributed by atoms with Gasteiger partial charge in [-0.05, 0) is 5.56 Å². The smallest absolute Gasteiger partial charge is 0.0279 e. The topological polar surface area (TPSA) is 0 Å². The van der Waals surface area contributed by atoms with Gasteiger partial charge in [0.2, 0.25) is 0 Å². The zero-order chi connectivity index (χ0) is 19.8. The van der Waals surface area contributed by atoms with Gasteiger partial charge in [0, 0.05) is 0 Å². The number of benzene rings is 2. The van der Waals surface area contributed by atoms with E-state index in [-0.39, 0.29) is 30.2 Å². The van der Waals surface area contributed by atoms with E-state index in [0.29, 0.717) is 0 Å². The van der Waals surface area contributed by atoms with Crippen molar-refractivity contribution in [3.63, 3.8) is 0 Å². The van der Waals surface area contributed by atoms with E-state index in [9.17, 15) is 0 Å². The second-order valence-corrected chi connectivity index (χ2v) is 16.6. The molecule has 0 nitrogen and oxygen atoms in total. The molecule has 0 heterocycles. The van der Waals surface area contributed by atoms with E-state index in [0.717, 1.165) is 6.42 Å². The largest absolute Gasteiger partial charge is 0.165 e. The van der Waals surface area contributed by atoms with Gasteiger partial charge in [0.15, 0.2) is 0 Å². The number of hydrogen-bond acceptors (Lipinski definition) is 0. The zero-order valence-corrected chi connectivity index (χ0v) is 23.0. The maximum Gasteiger partial charge on any atom is -0.0279 e. The molecule has 0 N–H and O–H groups in total. The molecule has 29 heavy (non-hydrogen) atoms. The monoisotopic (exact) mass is 518 g/mol. The molecule has 4 rings (SSSR count). The van der Waals surface area contributed by atoms with Crippen LogP contribution in [0.4, 0.5) is 0 Å². The minimum atomic E-state index is 0. The van der Waals surface area contributed by atoms with Crippen molar-refractivity contribution in [3.05, 3.63) is 89.5 Å². The van der Waals surface area contributed by atoms with E-state index in [4.69, 9.17) is 0 Å². The zero-order valence-electron chi connectivity index (χ0n) is 17.9. The molecule has 0 amide bonds. The molecule has 0 atom stereocenters. The first-order valence-electron chi connectivity index (χ1n) is 9.34. The van der Waals surface area contributed by atoms with Gasteiger partial charge in [-0.2, -0.15) is 11.6 Å². The van der Waals surface area contributed by atoms with Gasteiger partial charge < -0.3 is 0 Å². The summed E-state index contributed by atoms with van der Waals surface area (Å²) < 4.78 is 0. The summed E-state index contributed by atoms with van der Waals surface area (Å²) in [6, 6.07) is 21.6. The third-order valence-electron chi connectivity index (χ3n) is 4.34. The molecule has 4 heteroatoms. The van der Waals surface area contributed by atoms with E-state index in [1.165, 1.54) is 38.6 Å². The summed E-state index contributed by atoms with van der Waals surface area (Å²) in [7, 11) is 0. The second kappa shape index (κ2) is 14.3. The maximum atomic E-state index is 3.12. The molecule has 0 aliphatic heterocycles. The van der Waals surface area contributed by atoms with E-state index in [1.807, 2.05) is 0 Å². The van der Waals surface area contributed by atoms with Crippen LogP contribution < -0.4 is 0 Å². The van der Waals surface area contributed by atoms with Crippen molar-refractivity contribution in [1.29, 1.82) is 0 Å². The molecule has 152 valence electrons. The summed E-state index contributed by atoms with van der Waals surface area (Å²) in [5, 5.41) is 2.69. The van der Waals surface area contributed by atoms with Crippen LogP contribution in [0.15, 0.2) is 77.9 Å². The Morgan fingerprint density at radius 3 is 2.03 bits per heavy atom. The molecule has 0 saturated heterocycles. The summed E-state index contributed by atoms with van der Waals surface area (Å²) in [6.45, 7) is 11.0. The summed E-state index contributed by atoms with van der Waals surface area (Å²) >= 11 is 1.74. The van der Waals surface area contributed by atoms with Crippen molar-refractivity contribution in [2.24, 2.45) is 0 Å². The molecule has 0 spiro atoms. The normalized spacial score (nSPS) is 11.6. The van der Waals surface area contributed by atoms with E-state index < -0.39 is 0 Å². The van der Waals surface area contributed by atoms with Gasteiger partial charge in [0.05, 0.1) is 0 Å². The van der Waals surface area contributed by atoms with Gasteiger partial charge in [-0.1, -0.05) is 55.8 Å². The van der Waals surface area contributed by atoms with E-state index in [2.05, 4.69) is 107 Å². The number of allylic oxidation sites excluding steroid dienone is 4. The van der Waals surface area contributed by atoms with Gasteiger partial charge in [0.1, 0.15) is 0 Å². The van der Waals surface area contributed by atoms with Gasteiger partial charge in [-0.15, -0.1) is 72.7 Å². The third-order valence-corrected chi connectivity index (χ3v) is 4.34. The molecule has 0 bridgehead atoms. The van der Waals surface area contributed by atoms with E-state index in [1.54, 1.807) is 23.3 Å². The van der Waals surface area contributed by atoms with Crippen LogP contribution in [0.3, 0.4) is 0 Å². The quantitative estimate of drug-likeness (QED) is 0.224. The Labute approximate surface area is 204 Å². The van der Waals surface area contributed by atoms with Crippen LogP contribution >= 0.6 is 24.8 Å². The fourth-order valence-corrected chi connectivity index (χ4v) is 2.87. The Bertz CT molecular complexity index is 965. The molecule has 1 aliphatic rings. The molecule has 3 aromatic carbocycles. The first-order valence-corrected chi connectivity index (χ1v) is 15.5. The number of rotatable bonds is 1. The molecule has 3 aromatic rings. The standard InChI is InChI=1S/C16H13.C7H9.C2H6Si.2ClH.Zr/c1-12-10-14-8-5-9-15(16(14)11-12)13-6-3-2-4-7-13;1-6-4-3-5-7(6)2;1-3-2;;;/h2-11H,1H3;4H,5H2,1-2H3;1-2H3;2*1H;/q2*-1;;;;+2. The van der Waals surface area contributed by atoms with Gasteiger partial charge in [-0.25, -0.2) is 11.6 Å². The van der Waals surface area contributed by atoms with Gasteiger partial charge in [0.25, 0.3) is 0 Å². The number of aryl methyl sites for hydroxylation is 1. The number of halogens is 2. The Morgan fingerprint density at radius 1 is 0.931 bits per heavy atom. The third kappa shape index (κ3) is 9.26. The van der Waals surface area contributed by atoms with Crippen LogP contribution in [0, 0.1) is 13.0 Å². The van der Waals surface area contributed by atoms with Crippen LogP contribution in [-0.2, 0) is 23.3 Å². The first-order chi connectivity index (χ1) is 12.9. The summed E-state index contributed by atoms with van der Waals surface area (Å²) in [4.78, 5) is 0. The maximum absolute atomic E-state index is 3.12. The average molecular weight is 521 g/mol. The van der Waals surface area contributed by atoms with E-state index >= 15 is 0 Å². The van der Waals surface area contributed by atoms with Crippen molar-refractivity contribution in [1.82, 2.24) is 0 Å². The fourth-order valence-electron chi connectivity index (χ4n) is 2.87. The van der Waals surface area contributed by atoms with Gasteiger partial charge in [-0.3, -0.25) is 6.08 Å².